The molecule has 0 bridgehead atoms. The number of rotatable bonds is 2. The molecule has 0 atom stereocenters. The molecule has 3 nitrogen and oxygen atoms in total. The van der Waals surface area contributed by atoms with Crippen LogP contribution < -0.4 is 4.74 Å². The summed E-state index contributed by atoms with van der Waals surface area (Å²) in [5.74, 6) is 0.410. The Morgan fingerprint density at radius 2 is 1.84 bits per heavy atom. The van der Waals surface area contributed by atoms with Gasteiger partial charge in [0.05, 0.1) is 18.8 Å². The molecule has 0 unspecified atom stereocenters. The summed E-state index contributed by atoms with van der Waals surface area (Å²) < 4.78 is 18.2. The minimum Gasteiger partial charge on any atom is -0.495 e. The minimum absolute atomic E-state index is 0.282. The summed E-state index contributed by atoms with van der Waals surface area (Å²) in [6, 6.07) is 8.41. The van der Waals surface area contributed by atoms with Gasteiger partial charge in [0, 0.05) is 35.0 Å². The smallest absolute Gasteiger partial charge is 0.137 e. The molecule has 2 aromatic heterocycles. The van der Waals surface area contributed by atoms with Gasteiger partial charge >= 0.3 is 0 Å². The molecule has 0 amide bonds. The Morgan fingerprint density at radius 3 is 2.68 bits per heavy atom. The standard InChI is InChI=1S/C15H11FN2O/c1-19-14-5-12(7-17-9-14)11-4-10-2-3-13(16)6-15(10)18-8-11/h2-9H,1H3. The predicted molar refractivity (Wildman–Crippen MR) is 71.5 cm³/mol. The second-order valence-corrected chi connectivity index (χ2v) is 4.17. The number of methoxy groups -OCH3 is 1. The van der Waals surface area contributed by atoms with E-state index in [1.807, 2.05) is 12.1 Å². The summed E-state index contributed by atoms with van der Waals surface area (Å²) >= 11 is 0. The van der Waals surface area contributed by atoms with Crippen molar-refractivity contribution >= 4 is 10.9 Å². The van der Waals surface area contributed by atoms with Gasteiger partial charge in [-0.05, 0) is 24.3 Å². The molecule has 0 aliphatic rings. The molecule has 3 aromatic rings. The van der Waals surface area contributed by atoms with Crippen molar-refractivity contribution in [3.05, 3.63) is 54.7 Å². The van der Waals surface area contributed by atoms with Crippen LogP contribution in [-0.2, 0) is 0 Å². The molecule has 19 heavy (non-hydrogen) atoms. The van der Waals surface area contributed by atoms with Crippen LogP contribution >= 0.6 is 0 Å². The number of halogens is 1. The summed E-state index contributed by atoms with van der Waals surface area (Å²) in [5, 5.41) is 0.890. The first-order valence-corrected chi connectivity index (χ1v) is 5.81. The molecule has 0 aliphatic heterocycles. The molecule has 0 saturated heterocycles. The zero-order valence-electron chi connectivity index (χ0n) is 10.3. The molecule has 0 radical (unpaired) electrons. The van der Waals surface area contributed by atoms with Gasteiger partial charge in [-0.1, -0.05) is 0 Å². The molecule has 0 saturated carbocycles. The largest absolute Gasteiger partial charge is 0.495 e. The van der Waals surface area contributed by atoms with Crippen LogP contribution in [0.25, 0.3) is 22.0 Å². The first-order chi connectivity index (χ1) is 9.26. The molecule has 1 aromatic carbocycles. The average molecular weight is 254 g/mol. The maximum atomic E-state index is 13.1. The van der Waals surface area contributed by atoms with E-state index in [0.717, 1.165) is 16.5 Å². The van der Waals surface area contributed by atoms with E-state index in [4.69, 9.17) is 4.74 Å². The van der Waals surface area contributed by atoms with Crippen LogP contribution in [0.1, 0.15) is 0 Å². The van der Waals surface area contributed by atoms with Gasteiger partial charge in [-0.15, -0.1) is 0 Å². The van der Waals surface area contributed by atoms with Crippen molar-refractivity contribution in [3.8, 4) is 16.9 Å². The number of hydrogen-bond acceptors (Lipinski definition) is 3. The quantitative estimate of drug-likeness (QED) is 0.702. The highest BCUT2D eigenvalue weighted by molar-refractivity contribution is 5.83. The lowest BCUT2D eigenvalue weighted by Crippen LogP contribution is -1.88. The Morgan fingerprint density at radius 1 is 1.00 bits per heavy atom. The fourth-order valence-electron chi connectivity index (χ4n) is 1.94. The van der Waals surface area contributed by atoms with Crippen LogP contribution in [0.4, 0.5) is 4.39 Å². The van der Waals surface area contributed by atoms with E-state index >= 15 is 0 Å². The Balaban J connectivity index is 2.12. The molecule has 2 heterocycles. The van der Waals surface area contributed by atoms with Gasteiger partial charge in [0.2, 0.25) is 0 Å². The lowest BCUT2D eigenvalue weighted by atomic mass is 10.1. The van der Waals surface area contributed by atoms with E-state index in [1.54, 1.807) is 31.8 Å². The minimum atomic E-state index is -0.282. The SMILES string of the molecule is COc1cncc(-c2cnc3cc(F)ccc3c2)c1. The fourth-order valence-corrected chi connectivity index (χ4v) is 1.94. The molecular weight excluding hydrogens is 243 g/mol. The summed E-state index contributed by atoms with van der Waals surface area (Å²) in [4.78, 5) is 8.38. The van der Waals surface area contributed by atoms with Crippen LogP contribution in [0.2, 0.25) is 0 Å². The monoisotopic (exact) mass is 254 g/mol. The van der Waals surface area contributed by atoms with Crippen molar-refractivity contribution in [2.75, 3.05) is 7.11 Å². The van der Waals surface area contributed by atoms with Gasteiger partial charge in [-0.3, -0.25) is 9.97 Å². The first kappa shape index (κ1) is 11.6. The van der Waals surface area contributed by atoms with E-state index in [0.29, 0.717) is 11.3 Å². The van der Waals surface area contributed by atoms with Crippen molar-refractivity contribution in [1.29, 1.82) is 0 Å². The van der Waals surface area contributed by atoms with E-state index in [-0.39, 0.29) is 5.82 Å². The summed E-state index contributed by atoms with van der Waals surface area (Å²) in [6.45, 7) is 0. The topological polar surface area (TPSA) is 35.0 Å². The molecule has 3 rings (SSSR count). The van der Waals surface area contributed by atoms with Crippen molar-refractivity contribution in [2.45, 2.75) is 0 Å². The van der Waals surface area contributed by atoms with Gasteiger partial charge in [0.25, 0.3) is 0 Å². The average Bonchev–Trinajstić information content (AvgIpc) is 2.46. The molecule has 0 spiro atoms. The summed E-state index contributed by atoms with van der Waals surface area (Å²) in [6.07, 6.45) is 5.10. The molecular formula is C15H11FN2O. The third kappa shape index (κ3) is 2.25. The highest BCUT2D eigenvalue weighted by Gasteiger charge is 2.03. The van der Waals surface area contributed by atoms with Gasteiger partial charge in [0.1, 0.15) is 11.6 Å². The van der Waals surface area contributed by atoms with E-state index in [1.165, 1.54) is 12.1 Å². The third-order valence-corrected chi connectivity index (χ3v) is 2.93. The maximum absolute atomic E-state index is 13.1. The number of nitrogens with zero attached hydrogens (tertiary/aromatic N) is 2. The van der Waals surface area contributed by atoms with Crippen LogP contribution in [0.5, 0.6) is 5.75 Å². The van der Waals surface area contributed by atoms with E-state index in [9.17, 15) is 4.39 Å². The Bertz CT molecular complexity index is 743. The summed E-state index contributed by atoms with van der Waals surface area (Å²) in [7, 11) is 1.60. The van der Waals surface area contributed by atoms with Crippen LogP contribution in [0.3, 0.4) is 0 Å². The molecule has 0 aliphatic carbocycles. The zero-order chi connectivity index (χ0) is 13.2. The third-order valence-electron chi connectivity index (χ3n) is 2.93. The van der Waals surface area contributed by atoms with Gasteiger partial charge in [0.15, 0.2) is 0 Å². The lowest BCUT2D eigenvalue weighted by molar-refractivity contribution is 0.413. The van der Waals surface area contributed by atoms with Crippen molar-refractivity contribution in [3.63, 3.8) is 0 Å². The number of hydrogen-bond donors (Lipinski definition) is 0. The number of benzene rings is 1. The first-order valence-electron chi connectivity index (χ1n) is 5.81. The Kier molecular flexibility index (Phi) is 2.83. The van der Waals surface area contributed by atoms with E-state index in [2.05, 4.69) is 9.97 Å². The predicted octanol–water partition coefficient (Wildman–Crippen LogP) is 3.44. The number of pyridine rings is 2. The van der Waals surface area contributed by atoms with E-state index < -0.39 is 0 Å². The molecule has 0 fully saturated rings. The van der Waals surface area contributed by atoms with Crippen molar-refractivity contribution < 1.29 is 9.13 Å². The van der Waals surface area contributed by atoms with Crippen LogP contribution in [-0.4, -0.2) is 17.1 Å². The van der Waals surface area contributed by atoms with Crippen molar-refractivity contribution in [1.82, 2.24) is 9.97 Å². The highest BCUT2D eigenvalue weighted by atomic mass is 19.1. The molecule has 94 valence electrons. The maximum Gasteiger partial charge on any atom is 0.137 e. The van der Waals surface area contributed by atoms with Crippen molar-refractivity contribution in [2.24, 2.45) is 0 Å². The Labute approximate surface area is 109 Å². The van der Waals surface area contributed by atoms with Gasteiger partial charge in [-0.25, -0.2) is 4.39 Å². The van der Waals surface area contributed by atoms with Crippen LogP contribution in [0.15, 0.2) is 48.9 Å². The highest BCUT2D eigenvalue weighted by Crippen LogP contribution is 2.25. The van der Waals surface area contributed by atoms with Gasteiger partial charge < -0.3 is 4.74 Å². The normalized spacial score (nSPS) is 10.6. The fraction of sp³-hybridized carbons (Fsp3) is 0.0667. The zero-order valence-corrected chi connectivity index (χ0v) is 10.3. The van der Waals surface area contributed by atoms with Crippen LogP contribution in [0, 0.1) is 5.82 Å². The molecule has 4 heteroatoms. The number of fused-ring (bicyclic) bond motifs is 1. The summed E-state index contributed by atoms with van der Waals surface area (Å²) in [5.41, 5.74) is 2.48. The van der Waals surface area contributed by atoms with Gasteiger partial charge in [-0.2, -0.15) is 0 Å². The number of aromatic nitrogens is 2. The molecule has 0 N–H and O–H groups in total. The Hall–Kier alpha value is -2.49. The second-order valence-electron chi connectivity index (χ2n) is 4.17. The lowest BCUT2D eigenvalue weighted by Gasteiger charge is -2.05. The number of ether oxygens (including phenoxy) is 1. The second kappa shape index (κ2) is 4.65.